The number of carbonyl (C=O) groups is 1. The normalized spacial score (nSPS) is 11.3. The topological polar surface area (TPSA) is 66.5 Å². The fourth-order valence-electron chi connectivity index (χ4n) is 3.65. The molecule has 5 nitrogen and oxygen atoms in total. The lowest BCUT2D eigenvalue weighted by atomic mass is 10.1. The number of carbonyl (C=O) groups excluding carboxylic acids is 1. The zero-order valence-corrected chi connectivity index (χ0v) is 23.0. The third kappa shape index (κ3) is 7.64. The lowest BCUT2D eigenvalue weighted by Crippen LogP contribution is -2.30. The number of sulfonamides is 1. The summed E-state index contributed by atoms with van der Waals surface area (Å²) in [6.45, 7) is 4.51. The number of hydrogen-bond donors (Lipinski definition) is 1. The van der Waals surface area contributed by atoms with Gasteiger partial charge in [0.05, 0.1) is 18.5 Å². The fraction of sp³-hybridized carbons (Fsp3) is 0.269. The van der Waals surface area contributed by atoms with Crippen LogP contribution in [0.15, 0.2) is 60.7 Å². The summed E-state index contributed by atoms with van der Waals surface area (Å²) in [4.78, 5) is 12.5. The van der Waals surface area contributed by atoms with Gasteiger partial charge >= 0.3 is 0 Å². The summed E-state index contributed by atoms with van der Waals surface area (Å²) in [7, 11) is -3.49. The number of nitrogens with one attached hydrogen (secondary N) is 1. The van der Waals surface area contributed by atoms with Gasteiger partial charge in [-0.1, -0.05) is 59.6 Å². The van der Waals surface area contributed by atoms with E-state index in [4.69, 9.17) is 23.2 Å². The molecule has 0 saturated carbocycles. The molecular formula is C26H28Cl2N2O3S2. The molecule has 0 aromatic heterocycles. The molecule has 0 spiro atoms. The van der Waals surface area contributed by atoms with Crippen LogP contribution in [0.5, 0.6) is 0 Å². The van der Waals surface area contributed by atoms with Crippen molar-refractivity contribution in [1.29, 1.82) is 0 Å². The Labute approximate surface area is 221 Å². The Morgan fingerprint density at radius 1 is 1.00 bits per heavy atom. The fourth-order valence-corrected chi connectivity index (χ4v) is 6.07. The number of benzene rings is 3. The molecule has 0 bridgehead atoms. The second-order valence-electron chi connectivity index (χ2n) is 8.25. The van der Waals surface area contributed by atoms with E-state index >= 15 is 0 Å². The van der Waals surface area contributed by atoms with Crippen molar-refractivity contribution in [3.05, 3.63) is 98.5 Å². The van der Waals surface area contributed by atoms with Crippen molar-refractivity contribution in [2.45, 2.75) is 26.1 Å². The molecule has 3 aromatic rings. The molecule has 35 heavy (non-hydrogen) atoms. The second-order valence-corrected chi connectivity index (χ2v) is 12.1. The molecule has 0 saturated heterocycles. The lowest BCUT2D eigenvalue weighted by molar-refractivity contribution is 0.0956. The minimum atomic E-state index is -3.49. The first-order chi connectivity index (χ1) is 16.6. The molecular weight excluding hydrogens is 523 g/mol. The molecule has 0 radical (unpaired) electrons. The summed E-state index contributed by atoms with van der Waals surface area (Å²) in [5.41, 5.74) is 4.80. The van der Waals surface area contributed by atoms with Gasteiger partial charge < -0.3 is 5.32 Å². The molecule has 0 atom stereocenters. The van der Waals surface area contributed by atoms with Crippen LogP contribution < -0.4 is 9.62 Å². The van der Waals surface area contributed by atoms with Gasteiger partial charge in [-0.25, -0.2) is 8.42 Å². The average Bonchev–Trinajstić information content (AvgIpc) is 2.79. The van der Waals surface area contributed by atoms with Crippen LogP contribution in [0.4, 0.5) is 5.69 Å². The van der Waals surface area contributed by atoms with Gasteiger partial charge in [-0.3, -0.25) is 9.10 Å². The minimum Gasteiger partial charge on any atom is -0.351 e. The maximum absolute atomic E-state index is 12.6. The van der Waals surface area contributed by atoms with Gasteiger partial charge in [0.15, 0.2) is 0 Å². The van der Waals surface area contributed by atoms with E-state index in [1.807, 2.05) is 44.2 Å². The van der Waals surface area contributed by atoms with Crippen LogP contribution in [-0.4, -0.2) is 32.9 Å². The predicted octanol–water partition coefficient (Wildman–Crippen LogP) is 6.24. The number of hydrogen-bond acceptors (Lipinski definition) is 4. The Kier molecular flexibility index (Phi) is 9.53. The van der Waals surface area contributed by atoms with E-state index in [1.165, 1.54) is 10.6 Å². The third-order valence-electron chi connectivity index (χ3n) is 5.44. The molecule has 1 N–H and O–H groups in total. The Balaban J connectivity index is 1.56. The molecule has 1 amide bonds. The van der Waals surface area contributed by atoms with E-state index in [9.17, 15) is 13.2 Å². The number of thioether (sulfide) groups is 1. The highest BCUT2D eigenvalue weighted by Gasteiger charge is 2.21. The number of amides is 1. The number of nitrogens with zero attached hydrogens (tertiary/aromatic N) is 1. The van der Waals surface area contributed by atoms with Crippen LogP contribution in [0.25, 0.3) is 0 Å². The van der Waals surface area contributed by atoms with Crippen molar-refractivity contribution in [3.63, 3.8) is 0 Å². The first-order valence-corrected chi connectivity index (χ1v) is 14.7. The quantitative estimate of drug-likeness (QED) is 0.303. The van der Waals surface area contributed by atoms with Gasteiger partial charge in [-0.05, 0) is 60.4 Å². The maximum Gasteiger partial charge on any atom is 0.251 e. The number of para-hydroxylation sites is 1. The van der Waals surface area contributed by atoms with E-state index in [2.05, 4.69) is 5.32 Å². The number of halogens is 2. The largest absolute Gasteiger partial charge is 0.351 e. The standard InChI is InChI=1S/C26H28Cl2N2O3S2/c1-18-5-4-6-19(2)25(18)30(35(3,32)33)16-20-7-9-21(10-8-20)26(31)29-13-14-34-17-22-11-12-23(27)15-24(22)28/h4-12,15H,13-14,16-17H2,1-3H3,(H,29,31). The molecule has 0 unspecified atom stereocenters. The molecule has 0 aliphatic rings. The SMILES string of the molecule is Cc1cccc(C)c1N(Cc1ccc(C(=O)NCCSCc2ccc(Cl)cc2Cl)cc1)S(C)(=O)=O. The van der Waals surface area contributed by atoms with Crippen molar-refractivity contribution in [2.75, 3.05) is 22.9 Å². The molecule has 0 heterocycles. The Hall–Kier alpha value is -2.19. The van der Waals surface area contributed by atoms with Crippen LogP contribution in [0.3, 0.4) is 0 Å². The molecule has 3 rings (SSSR count). The Bertz CT molecular complexity index is 1280. The van der Waals surface area contributed by atoms with Crippen molar-refractivity contribution in [1.82, 2.24) is 5.32 Å². The zero-order valence-electron chi connectivity index (χ0n) is 19.8. The molecule has 186 valence electrons. The van der Waals surface area contributed by atoms with Gasteiger partial charge in [0.2, 0.25) is 10.0 Å². The first kappa shape index (κ1) is 27.4. The molecule has 0 aliphatic carbocycles. The van der Waals surface area contributed by atoms with E-state index in [0.717, 1.165) is 33.8 Å². The summed E-state index contributed by atoms with van der Waals surface area (Å²) >= 11 is 13.8. The van der Waals surface area contributed by atoms with Crippen molar-refractivity contribution in [3.8, 4) is 0 Å². The molecule has 9 heteroatoms. The van der Waals surface area contributed by atoms with Crippen LogP contribution in [-0.2, 0) is 22.3 Å². The van der Waals surface area contributed by atoms with Crippen LogP contribution in [0.2, 0.25) is 10.0 Å². The van der Waals surface area contributed by atoms with E-state index in [1.54, 1.807) is 42.1 Å². The van der Waals surface area contributed by atoms with Crippen LogP contribution in [0, 0.1) is 13.8 Å². The highest BCUT2D eigenvalue weighted by molar-refractivity contribution is 7.98. The highest BCUT2D eigenvalue weighted by atomic mass is 35.5. The average molecular weight is 552 g/mol. The van der Waals surface area contributed by atoms with Gasteiger partial charge in [-0.2, -0.15) is 11.8 Å². The number of anilines is 1. The van der Waals surface area contributed by atoms with Gasteiger partial charge in [0, 0.05) is 33.7 Å². The molecule has 3 aromatic carbocycles. The Morgan fingerprint density at radius 2 is 1.66 bits per heavy atom. The van der Waals surface area contributed by atoms with Crippen LogP contribution in [0.1, 0.15) is 32.6 Å². The first-order valence-electron chi connectivity index (χ1n) is 11.0. The second kappa shape index (κ2) is 12.2. The number of aryl methyl sites for hydroxylation is 2. The summed E-state index contributed by atoms with van der Waals surface area (Å²) in [5, 5.41) is 4.16. The van der Waals surface area contributed by atoms with Crippen molar-refractivity contribution < 1.29 is 13.2 Å². The monoisotopic (exact) mass is 550 g/mol. The minimum absolute atomic E-state index is 0.170. The maximum atomic E-state index is 12.6. The zero-order chi connectivity index (χ0) is 25.6. The Morgan fingerprint density at radius 3 is 2.26 bits per heavy atom. The number of rotatable bonds is 10. The molecule has 0 aliphatic heterocycles. The predicted molar refractivity (Wildman–Crippen MR) is 148 cm³/mol. The van der Waals surface area contributed by atoms with Gasteiger partial charge in [0.1, 0.15) is 0 Å². The van der Waals surface area contributed by atoms with Crippen molar-refractivity contribution in [2.24, 2.45) is 0 Å². The summed E-state index contributed by atoms with van der Waals surface area (Å²) in [5.74, 6) is 1.30. The van der Waals surface area contributed by atoms with E-state index in [0.29, 0.717) is 27.8 Å². The van der Waals surface area contributed by atoms with E-state index in [-0.39, 0.29) is 12.5 Å². The lowest BCUT2D eigenvalue weighted by Gasteiger charge is -2.26. The summed E-state index contributed by atoms with van der Waals surface area (Å²) < 4.78 is 26.5. The van der Waals surface area contributed by atoms with Crippen LogP contribution >= 0.6 is 35.0 Å². The summed E-state index contributed by atoms with van der Waals surface area (Å²) in [6.07, 6.45) is 1.21. The third-order valence-corrected chi connectivity index (χ3v) is 8.14. The highest BCUT2D eigenvalue weighted by Crippen LogP contribution is 2.28. The smallest absolute Gasteiger partial charge is 0.251 e. The van der Waals surface area contributed by atoms with Gasteiger partial charge in [0.25, 0.3) is 5.91 Å². The van der Waals surface area contributed by atoms with E-state index < -0.39 is 10.0 Å². The summed E-state index contributed by atoms with van der Waals surface area (Å²) in [6, 6.07) is 18.2. The molecule has 0 fully saturated rings. The van der Waals surface area contributed by atoms with Gasteiger partial charge in [-0.15, -0.1) is 0 Å². The van der Waals surface area contributed by atoms with Crippen molar-refractivity contribution >= 4 is 56.6 Å².